The van der Waals surface area contributed by atoms with Gasteiger partial charge in [0.1, 0.15) is 0 Å². The number of hydrogen-bond donors (Lipinski definition) is 1. The van der Waals surface area contributed by atoms with Crippen LogP contribution in [0.1, 0.15) is 32.8 Å². The van der Waals surface area contributed by atoms with Crippen molar-refractivity contribution in [3.05, 3.63) is 40.4 Å². The summed E-state index contributed by atoms with van der Waals surface area (Å²) >= 11 is 3.44. The van der Waals surface area contributed by atoms with E-state index in [1.807, 2.05) is 44.2 Å². The number of nitrogens with one attached hydrogen (secondary N) is 1. The first-order chi connectivity index (χ1) is 7.94. The molecule has 1 aromatic rings. The molecule has 0 unspecified atom stereocenters. The zero-order chi connectivity index (χ0) is 12.9. The van der Waals surface area contributed by atoms with Gasteiger partial charge in [-0.3, -0.25) is 4.79 Å². The van der Waals surface area contributed by atoms with Crippen LogP contribution in [0, 0.1) is 0 Å². The Balaban J connectivity index is 2.67. The third-order valence-electron chi connectivity index (χ3n) is 2.66. The molecule has 17 heavy (non-hydrogen) atoms. The molecule has 0 radical (unpaired) electrons. The van der Waals surface area contributed by atoms with Gasteiger partial charge in [-0.1, -0.05) is 41.1 Å². The van der Waals surface area contributed by atoms with Crippen LogP contribution >= 0.6 is 15.9 Å². The second kappa shape index (κ2) is 6.01. The lowest BCUT2D eigenvalue weighted by molar-refractivity contribution is -0.117. The molecular formula is C14H18BrNO. The van der Waals surface area contributed by atoms with Crippen LogP contribution < -0.4 is 5.32 Å². The van der Waals surface area contributed by atoms with E-state index in [0.29, 0.717) is 0 Å². The van der Waals surface area contributed by atoms with Crippen LogP contribution in [-0.2, 0) is 4.79 Å². The predicted molar refractivity (Wildman–Crippen MR) is 75.7 cm³/mol. The van der Waals surface area contributed by atoms with Crippen molar-refractivity contribution >= 4 is 27.9 Å². The fraction of sp³-hybridized carbons (Fsp3) is 0.357. The summed E-state index contributed by atoms with van der Waals surface area (Å²) in [5, 5.41) is 2.95. The lowest BCUT2D eigenvalue weighted by atomic mass is 10.0. The zero-order valence-corrected chi connectivity index (χ0v) is 12.0. The Labute approximate surface area is 111 Å². The van der Waals surface area contributed by atoms with Crippen molar-refractivity contribution in [1.29, 1.82) is 0 Å². The summed E-state index contributed by atoms with van der Waals surface area (Å²) in [6.45, 7) is 6.08. The molecule has 0 saturated heterocycles. The van der Waals surface area contributed by atoms with Gasteiger partial charge in [-0.05, 0) is 38.0 Å². The van der Waals surface area contributed by atoms with E-state index in [1.54, 1.807) is 6.08 Å². The Morgan fingerprint density at radius 1 is 1.41 bits per heavy atom. The first-order valence-electron chi connectivity index (χ1n) is 5.69. The Morgan fingerprint density at radius 3 is 2.65 bits per heavy atom. The van der Waals surface area contributed by atoms with E-state index in [1.165, 1.54) is 0 Å². The van der Waals surface area contributed by atoms with Gasteiger partial charge in [-0.2, -0.15) is 0 Å². The highest BCUT2D eigenvalue weighted by Gasteiger charge is 2.15. The molecule has 1 rings (SSSR count). The molecule has 0 spiro atoms. The molecule has 0 heterocycles. The minimum atomic E-state index is -0.157. The largest absolute Gasteiger partial charge is 0.348 e. The van der Waals surface area contributed by atoms with Crippen molar-refractivity contribution in [2.45, 2.75) is 32.7 Å². The van der Waals surface area contributed by atoms with Gasteiger partial charge in [-0.25, -0.2) is 0 Å². The van der Waals surface area contributed by atoms with Crippen molar-refractivity contribution in [2.75, 3.05) is 0 Å². The summed E-state index contributed by atoms with van der Waals surface area (Å²) in [6.07, 6.45) is 4.28. The molecule has 0 saturated carbocycles. The van der Waals surface area contributed by atoms with Crippen molar-refractivity contribution < 1.29 is 4.79 Å². The van der Waals surface area contributed by atoms with Crippen LogP contribution in [0.2, 0.25) is 0 Å². The lowest BCUT2D eigenvalue weighted by Crippen LogP contribution is -2.41. The molecule has 1 N–H and O–H groups in total. The molecule has 0 aliphatic rings. The third kappa shape index (κ3) is 4.73. The molecule has 0 atom stereocenters. The van der Waals surface area contributed by atoms with Crippen LogP contribution in [0.5, 0.6) is 0 Å². The Hall–Kier alpha value is -1.09. The molecule has 1 amide bonds. The van der Waals surface area contributed by atoms with Gasteiger partial charge in [0, 0.05) is 16.1 Å². The highest BCUT2D eigenvalue weighted by molar-refractivity contribution is 9.10. The van der Waals surface area contributed by atoms with E-state index in [-0.39, 0.29) is 11.4 Å². The number of halogens is 1. The number of hydrogen-bond acceptors (Lipinski definition) is 1. The molecule has 0 aliphatic carbocycles. The molecule has 0 aliphatic heterocycles. The molecule has 0 bridgehead atoms. The molecule has 2 nitrogen and oxygen atoms in total. The van der Waals surface area contributed by atoms with Crippen LogP contribution in [0.4, 0.5) is 0 Å². The summed E-state index contributed by atoms with van der Waals surface area (Å²) in [5.41, 5.74) is 0.840. The summed E-state index contributed by atoms with van der Waals surface area (Å²) in [7, 11) is 0. The van der Waals surface area contributed by atoms with E-state index >= 15 is 0 Å². The second-order valence-electron chi connectivity index (χ2n) is 4.58. The van der Waals surface area contributed by atoms with Crippen molar-refractivity contribution in [1.82, 2.24) is 5.32 Å². The highest BCUT2D eigenvalue weighted by Crippen LogP contribution is 2.17. The van der Waals surface area contributed by atoms with Gasteiger partial charge in [0.05, 0.1) is 0 Å². The quantitative estimate of drug-likeness (QED) is 0.842. The zero-order valence-electron chi connectivity index (χ0n) is 10.5. The Bertz CT molecular complexity index is 424. The normalized spacial score (nSPS) is 11.8. The van der Waals surface area contributed by atoms with Crippen molar-refractivity contribution in [2.24, 2.45) is 0 Å². The number of benzene rings is 1. The predicted octanol–water partition coefficient (Wildman–Crippen LogP) is 3.77. The van der Waals surface area contributed by atoms with Gasteiger partial charge >= 0.3 is 0 Å². The minimum Gasteiger partial charge on any atom is -0.348 e. The lowest BCUT2D eigenvalue weighted by Gasteiger charge is -2.23. The molecule has 0 fully saturated rings. The van der Waals surface area contributed by atoms with Gasteiger partial charge in [-0.15, -0.1) is 0 Å². The van der Waals surface area contributed by atoms with Gasteiger partial charge < -0.3 is 5.32 Å². The van der Waals surface area contributed by atoms with Crippen LogP contribution in [0.25, 0.3) is 6.08 Å². The average Bonchev–Trinajstić information content (AvgIpc) is 2.27. The smallest absolute Gasteiger partial charge is 0.244 e. The van der Waals surface area contributed by atoms with E-state index in [9.17, 15) is 4.79 Å². The first-order valence-corrected chi connectivity index (χ1v) is 6.48. The average molecular weight is 296 g/mol. The monoisotopic (exact) mass is 295 g/mol. The highest BCUT2D eigenvalue weighted by atomic mass is 79.9. The molecular weight excluding hydrogens is 278 g/mol. The minimum absolute atomic E-state index is 0.0624. The molecule has 92 valence electrons. The van der Waals surface area contributed by atoms with Gasteiger partial charge in [0.2, 0.25) is 5.91 Å². The van der Waals surface area contributed by atoms with E-state index in [0.717, 1.165) is 16.5 Å². The number of rotatable bonds is 4. The summed E-state index contributed by atoms with van der Waals surface area (Å²) in [6, 6.07) is 7.80. The summed E-state index contributed by atoms with van der Waals surface area (Å²) in [4.78, 5) is 11.7. The van der Waals surface area contributed by atoms with Crippen LogP contribution in [0.3, 0.4) is 0 Å². The maximum Gasteiger partial charge on any atom is 0.244 e. The van der Waals surface area contributed by atoms with Crippen molar-refractivity contribution in [3.63, 3.8) is 0 Å². The first kappa shape index (κ1) is 14.0. The van der Waals surface area contributed by atoms with Crippen LogP contribution in [0.15, 0.2) is 34.8 Å². The molecule has 1 aromatic carbocycles. The Morgan fingerprint density at radius 2 is 2.06 bits per heavy atom. The van der Waals surface area contributed by atoms with E-state index in [2.05, 4.69) is 28.2 Å². The number of amides is 1. The van der Waals surface area contributed by atoms with E-state index < -0.39 is 0 Å². The molecule has 0 aromatic heterocycles. The van der Waals surface area contributed by atoms with E-state index in [4.69, 9.17) is 0 Å². The number of carbonyl (C=O) groups excluding carboxylic acids is 1. The van der Waals surface area contributed by atoms with Crippen molar-refractivity contribution in [3.8, 4) is 0 Å². The maximum absolute atomic E-state index is 11.7. The fourth-order valence-electron chi connectivity index (χ4n) is 1.24. The second-order valence-corrected chi connectivity index (χ2v) is 5.44. The van der Waals surface area contributed by atoms with Gasteiger partial charge in [0.25, 0.3) is 0 Å². The fourth-order valence-corrected chi connectivity index (χ4v) is 1.66. The molecule has 3 heteroatoms. The topological polar surface area (TPSA) is 29.1 Å². The Kier molecular flexibility index (Phi) is 4.94. The van der Waals surface area contributed by atoms with Gasteiger partial charge in [0.15, 0.2) is 0 Å². The summed E-state index contributed by atoms with van der Waals surface area (Å²) < 4.78 is 0.985. The van der Waals surface area contributed by atoms with Crippen LogP contribution in [-0.4, -0.2) is 11.4 Å². The SMILES string of the molecule is CCC(C)(C)NC(=O)/C=C/c1ccccc1Br. The third-order valence-corrected chi connectivity index (χ3v) is 3.39. The number of carbonyl (C=O) groups is 1. The standard InChI is InChI=1S/C14H18BrNO/c1-4-14(2,3)16-13(17)10-9-11-7-5-6-8-12(11)15/h5-10H,4H2,1-3H3,(H,16,17)/b10-9+. The maximum atomic E-state index is 11.7. The summed E-state index contributed by atoms with van der Waals surface area (Å²) in [5.74, 6) is -0.0624.